The maximum absolute atomic E-state index is 12.3. The van der Waals surface area contributed by atoms with Crippen LogP contribution >= 0.6 is 15.9 Å². The number of morpholine rings is 1. The van der Waals surface area contributed by atoms with Crippen LogP contribution in [0.15, 0.2) is 53.0 Å². The summed E-state index contributed by atoms with van der Waals surface area (Å²) < 4.78 is 30.9. The van der Waals surface area contributed by atoms with Crippen LogP contribution in [0.4, 0.5) is 5.69 Å². The summed E-state index contributed by atoms with van der Waals surface area (Å²) in [6, 6.07) is 14.6. The van der Waals surface area contributed by atoms with Crippen molar-refractivity contribution in [2.45, 2.75) is 12.3 Å². The molecule has 2 aromatic carbocycles. The first kappa shape index (κ1) is 21.0. The van der Waals surface area contributed by atoms with Crippen molar-refractivity contribution in [2.24, 2.45) is 0 Å². The Bertz CT molecular complexity index is 927. The van der Waals surface area contributed by atoms with Gasteiger partial charge in [-0.05, 0) is 35.4 Å². The number of hydrogen-bond donors (Lipinski definition) is 1. The molecule has 1 amide bonds. The third kappa shape index (κ3) is 6.70. The van der Waals surface area contributed by atoms with Crippen LogP contribution in [0.1, 0.15) is 11.1 Å². The molecule has 0 bridgehead atoms. The van der Waals surface area contributed by atoms with E-state index in [0.29, 0.717) is 11.3 Å². The van der Waals surface area contributed by atoms with Crippen molar-refractivity contribution in [3.8, 4) is 0 Å². The zero-order chi connectivity index (χ0) is 20.0. The molecule has 8 heteroatoms. The van der Waals surface area contributed by atoms with E-state index in [-0.39, 0.29) is 5.75 Å². The standard InChI is InChI=1S/C20H23BrN2O4S/c21-18-5-1-4-17(11-18)14-28(25,26)15-20(24)22-19-6-2-3-16(12-19)13-23-7-9-27-10-8-23/h1-6,11-12H,7-10,13-15H2,(H,22,24). The van der Waals surface area contributed by atoms with E-state index in [1.807, 2.05) is 24.3 Å². The summed E-state index contributed by atoms with van der Waals surface area (Å²) in [4.78, 5) is 14.5. The summed E-state index contributed by atoms with van der Waals surface area (Å²) in [5, 5.41) is 2.70. The Hall–Kier alpha value is -1.74. The average molecular weight is 467 g/mol. The van der Waals surface area contributed by atoms with Crippen LogP contribution in [0, 0.1) is 0 Å². The zero-order valence-corrected chi connectivity index (χ0v) is 17.8. The Balaban J connectivity index is 1.57. The molecule has 0 aliphatic carbocycles. The molecule has 0 atom stereocenters. The monoisotopic (exact) mass is 466 g/mol. The molecule has 150 valence electrons. The van der Waals surface area contributed by atoms with E-state index in [4.69, 9.17) is 4.74 Å². The molecule has 0 radical (unpaired) electrons. The molecule has 6 nitrogen and oxygen atoms in total. The SMILES string of the molecule is O=C(CS(=O)(=O)Cc1cccc(Br)c1)Nc1cccc(CN2CCOCC2)c1. The van der Waals surface area contributed by atoms with Crippen molar-refractivity contribution in [3.63, 3.8) is 0 Å². The molecular weight excluding hydrogens is 444 g/mol. The molecule has 0 saturated carbocycles. The lowest BCUT2D eigenvalue weighted by molar-refractivity contribution is -0.113. The number of carbonyl (C=O) groups excluding carboxylic acids is 1. The lowest BCUT2D eigenvalue weighted by Gasteiger charge is -2.26. The summed E-state index contributed by atoms with van der Waals surface area (Å²) in [5.74, 6) is -1.25. The quantitative estimate of drug-likeness (QED) is 0.678. The highest BCUT2D eigenvalue weighted by molar-refractivity contribution is 9.10. The third-order valence-electron chi connectivity index (χ3n) is 4.35. The number of nitrogens with zero attached hydrogens (tertiary/aromatic N) is 1. The minimum absolute atomic E-state index is 0.170. The van der Waals surface area contributed by atoms with Gasteiger partial charge in [-0.3, -0.25) is 9.69 Å². The second-order valence-electron chi connectivity index (χ2n) is 6.80. The highest BCUT2D eigenvalue weighted by Gasteiger charge is 2.18. The van der Waals surface area contributed by atoms with E-state index in [1.54, 1.807) is 24.3 Å². The molecule has 1 saturated heterocycles. The molecule has 3 rings (SSSR count). The molecule has 1 N–H and O–H groups in total. The number of amides is 1. The number of benzene rings is 2. The Kier molecular flexibility index (Phi) is 7.23. The van der Waals surface area contributed by atoms with Gasteiger partial charge < -0.3 is 10.1 Å². The number of ether oxygens (including phenoxy) is 1. The van der Waals surface area contributed by atoms with Crippen molar-refractivity contribution in [1.82, 2.24) is 4.90 Å². The highest BCUT2D eigenvalue weighted by Crippen LogP contribution is 2.16. The number of sulfone groups is 1. The molecule has 0 spiro atoms. The van der Waals surface area contributed by atoms with Crippen LogP contribution in [0.3, 0.4) is 0 Å². The van der Waals surface area contributed by atoms with E-state index in [1.165, 1.54) is 0 Å². The topological polar surface area (TPSA) is 75.7 Å². The minimum Gasteiger partial charge on any atom is -0.379 e. The zero-order valence-electron chi connectivity index (χ0n) is 15.4. The fraction of sp³-hybridized carbons (Fsp3) is 0.350. The van der Waals surface area contributed by atoms with Crippen molar-refractivity contribution in [1.29, 1.82) is 0 Å². The number of anilines is 1. The van der Waals surface area contributed by atoms with Gasteiger partial charge in [0, 0.05) is 29.8 Å². The lowest BCUT2D eigenvalue weighted by Crippen LogP contribution is -2.35. The largest absolute Gasteiger partial charge is 0.379 e. The Morgan fingerprint density at radius 1 is 1.07 bits per heavy atom. The van der Waals surface area contributed by atoms with E-state index in [9.17, 15) is 13.2 Å². The Morgan fingerprint density at radius 3 is 2.54 bits per heavy atom. The molecule has 1 aliphatic rings. The van der Waals surface area contributed by atoms with Gasteiger partial charge in [-0.1, -0.05) is 40.2 Å². The van der Waals surface area contributed by atoms with Crippen LogP contribution in [0.5, 0.6) is 0 Å². The van der Waals surface area contributed by atoms with Crippen molar-refractivity contribution in [2.75, 3.05) is 37.4 Å². The predicted octanol–water partition coefficient (Wildman–Crippen LogP) is 2.83. The van der Waals surface area contributed by atoms with Gasteiger partial charge in [0.2, 0.25) is 5.91 Å². The van der Waals surface area contributed by atoms with E-state index >= 15 is 0 Å². The fourth-order valence-electron chi connectivity index (χ4n) is 3.09. The van der Waals surface area contributed by atoms with Crippen molar-refractivity contribution >= 4 is 37.4 Å². The van der Waals surface area contributed by atoms with Gasteiger partial charge in [-0.2, -0.15) is 0 Å². The molecule has 1 heterocycles. The van der Waals surface area contributed by atoms with E-state index in [2.05, 4.69) is 26.1 Å². The Labute approximate surface area is 173 Å². The first-order chi connectivity index (χ1) is 13.4. The number of hydrogen-bond acceptors (Lipinski definition) is 5. The first-order valence-electron chi connectivity index (χ1n) is 9.03. The summed E-state index contributed by atoms with van der Waals surface area (Å²) in [6.07, 6.45) is 0. The molecule has 1 fully saturated rings. The van der Waals surface area contributed by atoms with Gasteiger partial charge in [-0.15, -0.1) is 0 Å². The van der Waals surface area contributed by atoms with Gasteiger partial charge >= 0.3 is 0 Å². The van der Waals surface area contributed by atoms with Gasteiger partial charge in [0.1, 0.15) is 5.75 Å². The second kappa shape index (κ2) is 9.65. The Morgan fingerprint density at radius 2 is 1.79 bits per heavy atom. The minimum atomic E-state index is -3.56. The number of nitrogens with one attached hydrogen (secondary N) is 1. The van der Waals surface area contributed by atoms with Gasteiger partial charge in [0.15, 0.2) is 9.84 Å². The molecule has 28 heavy (non-hydrogen) atoms. The average Bonchev–Trinajstić information content (AvgIpc) is 2.61. The van der Waals surface area contributed by atoms with Gasteiger partial charge in [-0.25, -0.2) is 8.42 Å². The number of halogens is 1. The van der Waals surface area contributed by atoms with Crippen LogP contribution < -0.4 is 5.32 Å². The predicted molar refractivity (Wildman–Crippen MR) is 113 cm³/mol. The normalized spacial score (nSPS) is 15.3. The summed E-state index contributed by atoms with van der Waals surface area (Å²) in [5.41, 5.74) is 2.32. The molecule has 0 unspecified atom stereocenters. The first-order valence-corrected chi connectivity index (χ1v) is 11.6. The summed E-state index contributed by atoms with van der Waals surface area (Å²) >= 11 is 3.32. The second-order valence-corrected chi connectivity index (χ2v) is 9.78. The summed E-state index contributed by atoms with van der Waals surface area (Å²) in [6.45, 7) is 3.99. The van der Waals surface area contributed by atoms with E-state index in [0.717, 1.165) is 42.9 Å². The number of rotatable bonds is 7. The smallest absolute Gasteiger partial charge is 0.239 e. The highest BCUT2D eigenvalue weighted by atomic mass is 79.9. The fourth-order valence-corrected chi connectivity index (χ4v) is 4.80. The number of carbonyl (C=O) groups is 1. The van der Waals surface area contributed by atoms with Crippen LogP contribution in [0.25, 0.3) is 0 Å². The third-order valence-corrected chi connectivity index (χ3v) is 6.32. The molecule has 2 aromatic rings. The van der Waals surface area contributed by atoms with Crippen LogP contribution in [-0.2, 0) is 31.7 Å². The van der Waals surface area contributed by atoms with Crippen LogP contribution in [-0.4, -0.2) is 51.3 Å². The summed E-state index contributed by atoms with van der Waals surface area (Å²) in [7, 11) is -3.56. The molecular formula is C20H23BrN2O4S. The molecule has 0 aromatic heterocycles. The molecule has 1 aliphatic heterocycles. The van der Waals surface area contributed by atoms with Gasteiger partial charge in [0.25, 0.3) is 0 Å². The van der Waals surface area contributed by atoms with Crippen molar-refractivity contribution in [3.05, 3.63) is 64.1 Å². The maximum Gasteiger partial charge on any atom is 0.239 e. The van der Waals surface area contributed by atoms with E-state index < -0.39 is 21.5 Å². The van der Waals surface area contributed by atoms with Gasteiger partial charge in [0.05, 0.1) is 19.0 Å². The lowest BCUT2D eigenvalue weighted by atomic mass is 10.2. The van der Waals surface area contributed by atoms with Crippen molar-refractivity contribution < 1.29 is 17.9 Å². The van der Waals surface area contributed by atoms with Crippen LogP contribution in [0.2, 0.25) is 0 Å². The maximum atomic E-state index is 12.3.